The number of carboxylic acid groups (broad SMARTS) is 1. The number of anilines is 1. The van der Waals surface area contributed by atoms with Crippen LogP contribution in [-0.2, 0) is 4.74 Å². The van der Waals surface area contributed by atoms with E-state index in [0.29, 0.717) is 6.61 Å². The van der Waals surface area contributed by atoms with Crippen molar-refractivity contribution in [1.29, 1.82) is 0 Å². The predicted octanol–water partition coefficient (Wildman–Crippen LogP) is 2.21. The number of hydrogen-bond acceptors (Lipinski definition) is 7. The molecule has 0 saturated heterocycles. The molecule has 2 aromatic heterocycles. The highest BCUT2D eigenvalue weighted by molar-refractivity contribution is 7.15. The first-order valence-corrected chi connectivity index (χ1v) is 7.90. The molecule has 0 aliphatic heterocycles. The van der Waals surface area contributed by atoms with E-state index in [1.807, 2.05) is 24.1 Å². The topological polar surface area (TPSA) is 92.6 Å². The van der Waals surface area contributed by atoms with Crippen molar-refractivity contribution in [2.24, 2.45) is 0 Å². The summed E-state index contributed by atoms with van der Waals surface area (Å²) in [6.45, 7) is 1.34. The van der Waals surface area contributed by atoms with E-state index < -0.39 is 5.97 Å². The molecule has 2 heterocycles. The van der Waals surface area contributed by atoms with E-state index in [2.05, 4.69) is 9.97 Å². The minimum atomic E-state index is -1.09. The second-order valence-corrected chi connectivity index (χ2v) is 5.93. The number of likely N-dealkylation sites (N-methyl/N-ethyl adjacent to an activating group) is 1. The first-order valence-electron chi connectivity index (χ1n) is 7.09. The number of carbonyl (C=O) groups excluding carboxylic acids is 1. The summed E-state index contributed by atoms with van der Waals surface area (Å²) in [6, 6.07) is 3.70. The Morgan fingerprint density at radius 3 is 2.71 bits per heavy atom. The van der Waals surface area contributed by atoms with Crippen LogP contribution in [-0.4, -0.2) is 54.1 Å². The number of ether oxygens (including phenoxy) is 1. The van der Waals surface area contributed by atoms with Gasteiger partial charge in [0.2, 0.25) is 5.78 Å². The smallest absolute Gasteiger partial charge is 0.347 e. The van der Waals surface area contributed by atoms with Gasteiger partial charge in [-0.1, -0.05) is 0 Å². The van der Waals surface area contributed by atoms with Crippen LogP contribution in [0.5, 0.6) is 0 Å². The number of ketones is 1. The second-order valence-electron chi connectivity index (χ2n) is 4.90. The van der Waals surface area contributed by atoms with Gasteiger partial charge in [-0.25, -0.2) is 14.8 Å². The second kappa shape index (κ2) is 8.32. The van der Waals surface area contributed by atoms with E-state index in [-0.39, 0.29) is 15.7 Å². The van der Waals surface area contributed by atoms with Gasteiger partial charge in [0, 0.05) is 26.9 Å². The van der Waals surface area contributed by atoms with Crippen molar-refractivity contribution >= 4 is 35.0 Å². The number of carbonyl (C=O) groups is 2. The fourth-order valence-corrected chi connectivity index (χ4v) is 2.47. The summed E-state index contributed by atoms with van der Waals surface area (Å²) in [5, 5.41) is 8.98. The highest BCUT2D eigenvalue weighted by Gasteiger charge is 2.12. The van der Waals surface area contributed by atoms with Crippen LogP contribution in [0.15, 0.2) is 30.6 Å². The number of pyridine rings is 1. The van der Waals surface area contributed by atoms with Crippen molar-refractivity contribution < 1.29 is 19.4 Å². The van der Waals surface area contributed by atoms with Crippen molar-refractivity contribution in [3.63, 3.8) is 0 Å². The van der Waals surface area contributed by atoms with Crippen LogP contribution in [0.4, 0.5) is 5.82 Å². The molecule has 1 N–H and O–H groups in total. The van der Waals surface area contributed by atoms with Gasteiger partial charge in [0.25, 0.3) is 0 Å². The molecular formula is C16H17N3O4S. The number of aromatic nitrogens is 2. The van der Waals surface area contributed by atoms with Crippen molar-refractivity contribution in [2.75, 3.05) is 32.2 Å². The molecule has 0 fully saturated rings. The van der Waals surface area contributed by atoms with Crippen molar-refractivity contribution in [1.82, 2.24) is 9.97 Å². The molecular weight excluding hydrogens is 330 g/mol. The van der Waals surface area contributed by atoms with Crippen LogP contribution < -0.4 is 4.90 Å². The minimum Gasteiger partial charge on any atom is -0.477 e. The number of nitrogens with zero attached hydrogens (tertiary/aromatic N) is 3. The molecule has 7 nitrogen and oxygen atoms in total. The Kier molecular flexibility index (Phi) is 6.16. The Labute approximate surface area is 143 Å². The molecule has 2 rings (SSSR count). The molecule has 0 aliphatic carbocycles. The molecule has 126 valence electrons. The Hall–Kier alpha value is -2.58. The Balaban J connectivity index is 2.00. The Bertz CT molecular complexity index is 740. The van der Waals surface area contributed by atoms with Crippen molar-refractivity contribution in [3.8, 4) is 0 Å². The Morgan fingerprint density at radius 1 is 1.33 bits per heavy atom. The van der Waals surface area contributed by atoms with E-state index >= 15 is 0 Å². The van der Waals surface area contributed by atoms with Gasteiger partial charge in [-0.2, -0.15) is 0 Å². The normalized spacial score (nSPS) is 10.9. The largest absolute Gasteiger partial charge is 0.477 e. The fourth-order valence-electron chi connectivity index (χ4n) is 1.79. The highest BCUT2D eigenvalue weighted by Crippen LogP contribution is 2.15. The van der Waals surface area contributed by atoms with Gasteiger partial charge in [0.05, 0.1) is 12.8 Å². The average Bonchev–Trinajstić information content (AvgIpc) is 3.08. The standard InChI is InChI=1S/C16H17N3O4S/c1-19(7-8-23-2)14-6-4-11(9-17-14)3-5-12(20)15-18-10-13(24-15)16(21)22/h3-6,9-10H,7-8H2,1-2H3,(H,21,22). The van der Waals surface area contributed by atoms with Gasteiger partial charge in [-0.3, -0.25) is 4.79 Å². The minimum absolute atomic E-state index is 0.0388. The first-order chi connectivity index (χ1) is 11.5. The summed E-state index contributed by atoms with van der Waals surface area (Å²) in [7, 11) is 3.57. The number of rotatable bonds is 8. The lowest BCUT2D eigenvalue weighted by atomic mass is 10.2. The molecule has 0 unspecified atom stereocenters. The van der Waals surface area contributed by atoms with Gasteiger partial charge < -0.3 is 14.7 Å². The summed E-state index contributed by atoms with van der Waals surface area (Å²) in [6.07, 6.45) is 5.82. The maximum atomic E-state index is 12.0. The lowest BCUT2D eigenvalue weighted by Crippen LogP contribution is -2.22. The third-order valence-electron chi connectivity index (χ3n) is 3.15. The number of hydrogen-bond donors (Lipinski definition) is 1. The van der Waals surface area contributed by atoms with E-state index in [9.17, 15) is 9.59 Å². The molecule has 0 radical (unpaired) electrons. The SMILES string of the molecule is COCCN(C)c1ccc(C=CC(=O)c2ncc(C(=O)O)s2)cn1. The molecule has 0 aliphatic rings. The van der Waals surface area contributed by atoms with Gasteiger partial charge in [0.15, 0.2) is 5.01 Å². The summed E-state index contributed by atoms with van der Waals surface area (Å²) in [5.41, 5.74) is 0.766. The molecule has 0 amide bonds. The zero-order valence-corrected chi connectivity index (χ0v) is 14.1. The fraction of sp³-hybridized carbons (Fsp3) is 0.250. The van der Waals surface area contributed by atoms with Gasteiger partial charge >= 0.3 is 5.97 Å². The van der Waals surface area contributed by atoms with Crippen molar-refractivity contribution in [2.45, 2.75) is 0 Å². The molecule has 0 atom stereocenters. The number of thiazole rings is 1. The monoisotopic (exact) mass is 347 g/mol. The van der Waals surface area contributed by atoms with E-state index in [4.69, 9.17) is 9.84 Å². The Morgan fingerprint density at radius 2 is 2.12 bits per heavy atom. The summed E-state index contributed by atoms with van der Waals surface area (Å²) in [5.74, 6) is -0.622. The van der Waals surface area contributed by atoms with Crippen LogP contribution in [0.2, 0.25) is 0 Å². The summed E-state index contributed by atoms with van der Waals surface area (Å²) < 4.78 is 5.02. The quantitative estimate of drug-likeness (QED) is 0.578. The molecule has 0 bridgehead atoms. The summed E-state index contributed by atoms with van der Waals surface area (Å²) >= 11 is 0.853. The predicted molar refractivity (Wildman–Crippen MR) is 91.8 cm³/mol. The van der Waals surface area contributed by atoms with Crippen LogP contribution in [0.3, 0.4) is 0 Å². The lowest BCUT2D eigenvalue weighted by Gasteiger charge is -2.17. The molecule has 24 heavy (non-hydrogen) atoms. The van der Waals surface area contributed by atoms with Crippen LogP contribution in [0, 0.1) is 0 Å². The van der Waals surface area contributed by atoms with E-state index in [0.717, 1.165) is 29.3 Å². The third-order valence-corrected chi connectivity index (χ3v) is 4.15. The number of aromatic carboxylic acids is 1. The number of carboxylic acids is 1. The third kappa shape index (κ3) is 4.71. The van der Waals surface area contributed by atoms with E-state index in [1.54, 1.807) is 19.4 Å². The zero-order chi connectivity index (χ0) is 17.5. The zero-order valence-electron chi connectivity index (χ0n) is 13.3. The van der Waals surface area contributed by atoms with Gasteiger partial charge in [-0.15, -0.1) is 11.3 Å². The van der Waals surface area contributed by atoms with Crippen LogP contribution >= 0.6 is 11.3 Å². The van der Waals surface area contributed by atoms with Crippen LogP contribution in [0.1, 0.15) is 25.0 Å². The van der Waals surface area contributed by atoms with Crippen LogP contribution in [0.25, 0.3) is 6.08 Å². The molecule has 0 saturated carbocycles. The van der Waals surface area contributed by atoms with Crippen molar-refractivity contribution in [3.05, 3.63) is 46.1 Å². The highest BCUT2D eigenvalue weighted by atomic mass is 32.1. The molecule has 2 aromatic rings. The van der Waals surface area contributed by atoms with Gasteiger partial charge in [0.1, 0.15) is 10.7 Å². The summed E-state index contributed by atoms with van der Waals surface area (Å²) in [4.78, 5) is 32.9. The lowest BCUT2D eigenvalue weighted by molar-refractivity contribution is 0.0701. The maximum Gasteiger partial charge on any atom is 0.347 e. The maximum absolute atomic E-state index is 12.0. The van der Waals surface area contributed by atoms with Gasteiger partial charge in [-0.05, 0) is 29.8 Å². The number of methoxy groups -OCH3 is 1. The molecule has 0 aromatic carbocycles. The van der Waals surface area contributed by atoms with E-state index in [1.165, 1.54) is 12.3 Å². The average molecular weight is 347 g/mol. The molecule has 8 heteroatoms. The molecule has 0 spiro atoms. The first kappa shape index (κ1) is 17.8. The number of allylic oxidation sites excluding steroid dienone is 1.